The minimum Gasteiger partial charge on any atom is -0.369 e. The Bertz CT molecular complexity index is 1710. The Labute approximate surface area is 248 Å². The molecule has 220 valence electrons. The SMILES string of the molecule is C[C@@H]1CN(c2ccc(-n3cc(-c4cc(Cl)cc(NS(=O)(=O)C5CCCC5)c4F)c(-c4ccncc4)n3)c(F)c2)CCN1. The zero-order valence-corrected chi connectivity index (χ0v) is 24.6. The molecule has 2 aromatic heterocycles. The van der Waals surface area contributed by atoms with E-state index in [4.69, 9.17) is 11.6 Å². The van der Waals surface area contributed by atoms with E-state index in [0.717, 1.165) is 38.2 Å². The summed E-state index contributed by atoms with van der Waals surface area (Å²) in [4.78, 5) is 6.19. The van der Waals surface area contributed by atoms with Crippen molar-refractivity contribution in [1.82, 2.24) is 20.1 Å². The lowest BCUT2D eigenvalue weighted by Gasteiger charge is -2.33. The maximum atomic E-state index is 16.1. The van der Waals surface area contributed by atoms with Gasteiger partial charge in [0.15, 0.2) is 11.6 Å². The molecule has 0 unspecified atom stereocenters. The molecule has 2 fully saturated rings. The van der Waals surface area contributed by atoms with E-state index in [1.807, 2.05) is 6.07 Å². The monoisotopic (exact) mass is 612 g/mol. The summed E-state index contributed by atoms with van der Waals surface area (Å²) in [5.74, 6) is -1.27. The van der Waals surface area contributed by atoms with E-state index in [0.29, 0.717) is 35.7 Å². The first-order valence-electron chi connectivity index (χ1n) is 14.0. The lowest BCUT2D eigenvalue weighted by molar-refractivity contribution is 0.484. The number of hydrogen-bond acceptors (Lipinski definition) is 6. The molecule has 0 spiro atoms. The summed E-state index contributed by atoms with van der Waals surface area (Å²) >= 11 is 6.40. The van der Waals surface area contributed by atoms with Crippen LogP contribution in [0.1, 0.15) is 32.6 Å². The van der Waals surface area contributed by atoms with Crippen LogP contribution in [0.3, 0.4) is 0 Å². The summed E-state index contributed by atoms with van der Waals surface area (Å²) in [5, 5.41) is 7.60. The predicted octanol–water partition coefficient (Wildman–Crippen LogP) is 6.02. The number of piperazine rings is 1. The topological polar surface area (TPSA) is 92.1 Å². The molecular formula is C30H31ClF2N6O2S. The minimum absolute atomic E-state index is 0.0384. The van der Waals surface area contributed by atoms with Gasteiger partial charge in [0.2, 0.25) is 10.0 Å². The third kappa shape index (κ3) is 5.73. The fraction of sp³-hybridized carbons (Fsp3) is 0.333. The van der Waals surface area contributed by atoms with Gasteiger partial charge in [-0.25, -0.2) is 21.9 Å². The molecule has 1 atom stereocenters. The fourth-order valence-electron chi connectivity index (χ4n) is 5.76. The van der Waals surface area contributed by atoms with Crippen molar-refractivity contribution in [2.45, 2.75) is 43.9 Å². The van der Waals surface area contributed by atoms with Gasteiger partial charge in [-0.2, -0.15) is 5.10 Å². The van der Waals surface area contributed by atoms with Crippen LogP contribution < -0.4 is 14.9 Å². The molecule has 6 rings (SSSR count). The zero-order valence-electron chi connectivity index (χ0n) is 23.0. The molecule has 2 aromatic carbocycles. The average molecular weight is 613 g/mol. The van der Waals surface area contributed by atoms with Gasteiger partial charge in [-0.05, 0) is 62.2 Å². The number of halogens is 3. The first kappa shape index (κ1) is 28.6. The molecule has 8 nitrogen and oxygen atoms in total. The Hall–Kier alpha value is -3.54. The van der Waals surface area contributed by atoms with Gasteiger partial charge in [0.05, 0.1) is 10.9 Å². The number of anilines is 2. The highest BCUT2D eigenvalue weighted by atomic mass is 35.5. The van der Waals surface area contributed by atoms with Crippen molar-refractivity contribution in [3.8, 4) is 28.1 Å². The fourth-order valence-corrected chi connectivity index (χ4v) is 7.55. The van der Waals surface area contributed by atoms with Gasteiger partial charge in [0, 0.05) is 71.7 Å². The van der Waals surface area contributed by atoms with Gasteiger partial charge in [0.25, 0.3) is 0 Å². The minimum atomic E-state index is -3.81. The quantitative estimate of drug-likeness (QED) is 0.265. The van der Waals surface area contributed by atoms with Crippen LogP contribution in [0.25, 0.3) is 28.1 Å². The number of sulfonamides is 1. The van der Waals surface area contributed by atoms with E-state index in [1.165, 1.54) is 29.1 Å². The largest absolute Gasteiger partial charge is 0.369 e. The van der Waals surface area contributed by atoms with E-state index < -0.39 is 26.9 Å². The number of benzene rings is 2. The van der Waals surface area contributed by atoms with Crippen LogP contribution in [0.15, 0.2) is 61.1 Å². The first-order valence-corrected chi connectivity index (χ1v) is 15.9. The molecule has 0 amide bonds. The van der Waals surface area contributed by atoms with Crippen molar-refractivity contribution in [2.24, 2.45) is 0 Å². The maximum absolute atomic E-state index is 16.1. The summed E-state index contributed by atoms with van der Waals surface area (Å²) in [5.41, 5.74) is 2.07. The van der Waals surface area contributed by atoms with Gasteiger partial charge < -0.3 is 10.2 Å². The molecule has 1 saturated heterocycles. The predicted molar refractivity (Wildman–Crippen MR) is 162 cm³/mol. The highest BCUT2D eigenvalue weighted by molar-refractivity contribution is 7.93. The Morgan fingerprint density at radius 2 is 1.81 bits per heavy atom. The van der Waals surface area contributed by atoms with Crippen LogP contribution in [0.4, 0.5) is 20.2 Å². The number of aromatic nitrogens is 3. The zero-order chi connectivity index (χ0) is 29.4. The highest BCUT2D eigenvalue weighted by Crippen LogP contribution is 2.39. The molecule has 2 aliphatic rings. The number of pyridine rings is 1. The molecule has 2 N–H and O–H groups in total. The molecule has 12 heteroatoms. The summed E-state index contributed by atoms with van der Waals surface area (Å²) in [7, 11) is -3.81. The lowest BCUT2D eigenvalue weighted by Crippen LogP contribution is -2.49. The van der Waals surface area contributed by atoms with Crippen molar-refractivity contribution < 1.29 is 17.2 Å². The summed E-state index contributed by atoms with van der Waals surface area (Å²) in [6.07, 6.45) is 7.38. The molecular weight excluding hydrogens is 582 g/mol. The maximum Gasteiger partial charge on any atom is 0.235 e. The van der Waals surface area contributed by atoms with E-state index in [1.54, 1.807) is 30.6 Å². The average Bonchev–Trinajstić information content (AvgIpc) is 3.67. The first-order chi connectivity index (χ1) is 20.2. The van der Waals surface area contributed by atoms with Crippen LogP contribution in [0.5, 0.6) is 0 Å². The molecule has 1 aliphatic carbocycles. The van der Waals surface area contributed by atoms with Crippen molar-refractivity contribution in [2.75, 3.05) is 29.3 Å². The van der Waals surface area contributed by atoms with Gasteiger partial charge in [-0.3, -0.25) is 9.71 Å². The van der Waals surface area contributed by atoms with Gasteiger partial charge >= 0.3 is 0 Å². The Balaban J connectivity index is 1.42. The van der Waals surface area contributed by atoms with Gasteiger partial charge in [0.1, 0.15) is 11.4 Å². The van der Waals surface area contributed by atoms with Gasteiger partial charge in [-0.1, -0.05) is 24.4 Å². The van der Waals surface area contributed by atoms with Crippen LogP contribution in [0, 0.1) is 11.6 Å². The van der Waals surface area contributed by atoms with E-state index in [9.17, 15) is 8.42 Å². The summed E-state index contributed by atoms with van der Waals surface area (Å²) in [6.45, 7) is 4.43. The second kappa shape index (κ2) is 11.6. The molecule has 0 bridgehead atoms. The number of nitrogens with zero attached hydrogens (tertiary/aromatic N) is 4. The molecule has 42 heavy (non-hydrogen) atoms. The third-order valence-corrected chi connectivity index (χ3v) is 9.97. The number of hydrogen-bond donors (Lipinski definition) is 2. The smallest absolute Gasteiger partial charge is 0.235 e. The van der Waals surface area contributed by atoms with Gasteiger partial charge in [-0.15, -0.1) is 0 Å². The van der Waals surface area contributed by atoms with Crippen LogP contribution in [0.2, 0.25) is 5.02 Å². The number of rotatable bonds is 7. The number of nitrogens with one attached hydrogen (secondary N) is 2. The molecule has 4 aromatic rings. The van der Waals surface area contributed by atoms with E-state index >= 15 is 8.78 Å². The second-order valence-electron chi connectivity index (χ2n) is 10.9. The molecule has 0 radical (unpaired) electrons. The van der Waals surface area contributed by atoms with Crippen LogP contribution >= 0.6 is 11.6 Å². The Morgan fingerprint density at radius 1 is 1.05 bits per heavy atom. The summed E-state index contributed by atoms with van der Waals surface area (Å²) < 4.78 is 61.5. The highest BCUT2D eigenvalue weighted by Gasteiger charge is 2.30. The summed E-state index contributed by atoms with van der Waals surface area (Å²) in [6, 6.07) is 11.4. The van der Waals surface area contributed by atoms with E-state index in [2.05, 4.69) is 31.9 Å². The van der Waals surface area contributed by atoms with Crippen LogP contribution in [-0.2, 0) is 10.0 Å². The Kier molecular flexibility index (Phi) is 7.91. The van der Waals surface area contributed by atoms with E-state index in [-0.39, 0.29) is 22.0 Å². The van der Waals surface area contributed by atoms with Crippen molar-refractivity contribution in [3.05, 3.63) is 77.7 Å². The van der Waals surface area contributed by atoms with Crippen molar-refractivity contribution >= 4 is 33.0 Å². The third-order valence-electron chi connectivity index (χ3n) is 7.90. The molecule has 1 aliphatic heterocycles. The lowest BCUT2D eigenvalue weighted by atomic mass is 10.0. The second-order valence-corrected chi connectivity index (χ2v) is 13.3. The normalized spacial score (nSPS) is 18.0. The standard InChI is InChI=1S/C30H31ClF2N6O2S/c1-19-17-38(13-12-35-19)22-6-7-28(26(32)16-22)39-18-25(30(36-39)20-8-10-34-11-9-20)24-14-21(31)15-27(29(24)33)37-42(40,41)23-4-2-3-5-23/h6-11,14-16,18-19,23,35,37H,2-5,12-13,17H2,1H3/t19-/m1/s1. The van der Waals surface area contributed by atoms with Crippen molar-refractivity contribution in [1.29, 1.82) is 0 Å². The Morgan fingerprint density at radius 3 is 2.52 bits per heavy atom. The molecule has 1 saturated carbocycles. The molecule has 3 heterocycles. The van der Waals surface area contributed by atoms with Crippen LogP contribution in [-0.4, -0.2) is 54.1 Å². The van der Waals surface area contributed by atoms with Crippen molar-refractivity contribution in [3.63, 3.8) is 0 Å².